The summed E-state index contributed by atoms with van der Waals surface area (Å²) >= 11 is 7.20. The van der Waals surface area contributed by atoms with Gasteiger partial charge in [-0.3, -0.25) is 0 Å². The smallest absolute Gasteiger partial charge is 0.139 e. The Morgan fingerprint density at radius 3 is 2.81 bits per heavy atom. The normalized spacial score (nSPS) is 10.4. The highest BCUT2D eigenvalue weighted by atomic mass is 35.5. The molecule has 0 spiro atoms. The predicted molar refractivity (Wildman–Crippen MR) is 61.3 cm³/mol. The zero-order chi connectivity index (χ0) is 11.4. The van der Waals surface area contributed by atoms with Gasteiger partial charge in [0.05, 0.1) is 6.61 Å². The molecule has 0 aliphatic heterocycles. The molecule has 0 saturated heterocycles. The fraction of sp³-hybridized carbons (Fsp3) is 0.100. The van der Waals surface area contributed by atoms with E-state index in [1.807, 2.05) is 18.2 Å². The number of aromatic nitrogens is 3. The Kier molecular flexibility index (Phi) is 3.71. The van der Waals surface area contributed by atoms with Crippen molar-refractivity contribution in [3.05, 3.63) is 41.4 Å². The van der Waals surface area contributed by atoms with Gasteiger partial charge in [-0.25, -0.2) is 15.0 Å². The van der Waals surface area contributed by atoms with Gasteiger partial charge in [0.25, 0.3) is 0 Å². The Balaban J connectivity index is 2.31. The van der Waals surface area contributed by atoms with Crippen molar-refractivity contribution < 1.29 is 5.11 Å². The quantitative estimate of drug-likeness (QED) is 0.850. The minimum Gasteiger partial charge on any atom is -0.391 e. The van der Waals surface area contributed by atoms with E-state index >= 15 is 0 Å². The Bertz CT molecular complexity index is 481. The zero-order valence-electron chi connectivity index (χ0n) is 8.17. The summed E-state index contributed by atoms with van der Waals surface area (Å²) in [5, 5.41) is 10.9. The van der Waals surface area contributed by atoms with Crippen LogP contribution >= 0.6 is 23.4 Å². The first-order valence-corrected chi connectivity index (χ1v) is 5.70. The van der Waals surface area contributed by atoms with Gasteiger partial charge in [0.1, 0.15) is 21.5 Å². The molecule has 0 amide bonds. The molecule has 0 fully saturated rings. The topological polar surface area (TPSA) is 58.9 Å². The van der Waals surface area contributed by atoms with E-state index in [0.717, 1.165) is 5.03 Å². The molecule has 82 valence electrons. The summed E-state index contributed by atoms with van der Waals surface area (Å²) in [6.07, 6.45) is 3.07. The van der Waals surface area contributed by atoms with Crippen molar-refractivity contribution >= 4 is 23.4 Å². The summed E-state index contributed by atoms with van der Waals surface area (Å²) in [5.41, 5.74) is 0.528. The molecule has 0 aliphatic carbocycles. The van der Waals surface area contributed by atoms with Gasteiger partial charge in [-0.1, -0.05) is 17.7 Å². The van der Waals surface area contributed by atoms with Gasteiger partial charge in [-0.2, -0.15) is 0 Å². The molecular formula is C10H8ClN3OS. The van der Waals surface area contributed by atoms with Crippen molar-refractivity contribution in [2.75, 3.05) is 0 Å². The standard InChI is InChI=1S/C10H8ClN3OS/c11-9-7(5-15)10(14-6-13-9)16-8-3-1-2-4-12-8/h1-4,6,15H,5H2. The van der Waals surface area contributed by atoms with Crippen LogP contribution in [0.1, 0.15) is 5.56 Å². The monoisotopic (exact) mass is 253 g/mol. The molecule has 4 nitrogen and oxygen atoms in total. The van der Waals surface area contributed by atoms with Crippen LogP contribution < -0.4 is 0 Å². The SMILES string of the molecule is OCc1c(Cl)ncnc1Sc1ccccn1. The zero-order valence-corrected chi connectivity index (χ0v) is 9.74. The molecule has 0 bridgehead atoms. The number of rotatable bonds is 3. The average molecular weight is 254 g/mol. The van der Waals surface area contributed by atoms with Gasteiger partial charge < -0.3 is 5.11 Å². The number of aliphatic hydroxyl groups is 1. The molecule has 2 heterocycles. The number of aliphatic hydroxyl groups excluding tert-OH is 1. The first-order chi connectivity index (χ1) is 7.81. The van der Waals surface area contributed by atoms with Crippen LogP contribution in [0.5, 0.6) is 0 Å². The Hall–Kier alpha value is -1.17. The maximum atomic E-state index is 9.18. The van der Waals surface area contributed by atoms with Crippen molar-refractivity contribution in [1.29, 1.82) is 0 Å². The number of hydrogen-bond acceptors (Lipinski definition) is 5. The van der Waals surface area contributed by atoms with Gasteiger partial charge in [0.15, 0.2) is 0 Å². The first kappa shape index (κ1) is 11.3. The third kappa shape index (κ3) is 2.49. The summed E-state index contributed by atoms with van der Waals surface area (Å²) in [7, 11) is 0. The summed E-state index contributed by atoms with van der Waals surface area (Å²) in [5.74, 6) is 0. The van der Waals surface area contributed by atoms with E-state index in [-0.39, 0.29) is 11.8 Å². The van der Waals surface area contributed by atoms with Crippen LogP contribution in [-0.2, 0) is 6.61 Å². The molecule has 0 atom stereocenters. The molecule has 2 aromatic rings. The van der Waals surface area contributed by atoms with E-state index in [4.69, 9.17) is 11.6 Å². The first-order valence-electron chi connectivity index (χ1n) is 4.50. The van der Waals surface area contributed by atoms with E-state index in [9.17, 15) is 5.11 Å². The Labute approximate surface area is 102 Å². The highest BCUT2D eigenvalue weighted by molar-refractivity contribution is 7.99. The van der Waals surface area contributed by atoms with Crippen molar-refractivity contribution in [1.82, 2.24) is 15.0 Å². The van der Waals surface area contributed by atoms with Gasteiger partial charge in [0.2, 0.25) is 0 Å². The lowest BCUT2D eigenvalue weighted by molar-refractivity contribution is 0.277. The fourth-order valence-corrected chi connectivity index (χ4v) is 2.19. The molecule has 0 saturated carbocycles. The Morgan fingerprint density at radius 1 is 1.25 bits per heavy atom. The van der Waals surface area contributed by atoms with Gasteiger partial charge in [-0.15, -0.1) is 0 Å². The van der Waals surface area contributed by atoms with Crippen molar-refractivity contribution in [2.45, 2.75) is 16.7 Å². The van der Waals surface area contributed by atoms with Crippen LogP contribution in [0.3, 0.4) is 0 Å². The summed E-state index contributed by atoms with van der Waals surface area (Å²) in [4.78, 5) is 12.0. The molecule has 2 aromatic heterocycles. The van der Waals surface area contributed by atoms with Crippen LogP contribution in [0.2, 0.25) is 5.15 Å². The van der Waals surface area contributed by atoms with Crippen LogP contribution in [0, 0.1) is 0 Å². The summed E-state index contributed by atoms with van der Waals surface area (Å²) in [6.45, 7) is -0.186. The van der Waals surface area contributed by atoms with Crippen LogP contribution in [0.4, 0.5) is 0 Å². The molecule has 1 N–H and O–H groups in total. The van der Waals surface area contributed by atoms with Crippen LogP contribution in [0.15, 0.2) is 40.8 Å². The molecule has 6 heteroatoms. The number of halogens is 1. The molecule has 16 heavy (non-hydrogen) atoms. The number of hydrogen-bond donors (Lipinski definition) is 1. The second-order valence-corrected chi connectivity index (χ2v) is 4.24. The second kappa shape index (κ2) is 5.25. The minimum atomic E-state index is -0.186. The third-order valence-corrected chi connectivity index (χ3v) is 3.17. The van der Waals surface area contributed by atoms with Gasteiger partial charge >= 0.3 is 0 Å². The second-order valence-electron chi connectivity index (χ2n) is 2.88. The molecule has 0 radical (unpaired) electrons. The van der Waals surface area contributed by atoms with Crippen molar-refractivity contribution in [3.63, 3.8) is 0 Å². The van der Waals surface area contributed by atoms with Crippen molar-refractivity contribution in [3.8, 4) is 0 Å². The minimum absolute atomic E-state index is 0.186. The molecule has 0 aromatic carbocycles. The largest absolute Gasteiger partial charge is 0.391 e. The van der Waals surface area contributed by atoms with Gasteiger partial charge in [0, 0.05) is 11.8 Å². The summed E-state index contributed by atoms with van der Waals surface area (Å²) in [6, 6.07) is 5.59. The number of pyridine rings is 1. The van der Waals surface area contributed by atoms with Crippen LogP contribution in [-0.4, -0.2) is 20.1 Å². The molecule has 0 unspecified atom stereocenters. The summed E-state index contributed by atoms with van der Waals surface area (Å²) < 4.78 is 0. The average Bonchev–Trinajstić information content (AvgIpc) is 2.31. The highest BCUT2D eigenvalue weighted by Gasteiger charge is 2.10. The molecule has 0 aliphatic rings. The van der Waals surface area contributed by atoms with Crippen molar-refractivity contribution in [2.24, 2.45) is 0 Å². The molecular weight excluding hydrogens is 246 g/mol. The predicted octanol–water partition coefficient (Wildman–Crippen LogP) is 2.17. The lowest BCUT2D eigenvalue weighted by Crippen LogP contribution is -1.95. The van der Waals surface area contributed by atoms with Gasteiger partial charge in [-0.05, 0) is 23.9 Å². The maximum absolute atomic E-state index is 9.18. The Morgan fingerprint density at radius 2 is 2.12 bits per heavy atom. The van der Waals surface area contributed by atoms with Crippen LogP contribution in [0.25, 0.3) is 0 Å². The number of nitrogens with zero attached hydrogens (tertiary/aromatic N) is 3. The van der Waals surface area contributed by atoms with E-state index in [2.05, 4.69) is 15.0 Å². The third-order valence-electron chi connectivity index (χ3n) is 1.85. The van der Waals surface area contributed by atoms with E-state index in [1.165, 1.54) is 18.1 Å². The fourth-order valence-electron chi connectivity index (χ4n) is 1.10. The van der Waals surface area contributed by atoms with E-state index < -0.39 is 0 Å². The van der Waals surface area contributed by atoms with E-state index in [0.29, 0.717) is 10.6 Å². The van der Waals surface area contributed by atoms with E-state index in [1.54, 1.807) is 6.20 Å². The highest BCUT2D eigenvalue weighted by Crippen LogP contribution is 2.29. The lowest BCUT2D eigenvalue weighted by Gasteiger charge is -2.05. The lowest BCUT2D eigenvalue weighted by atomic mass is 10.4. The molecule has 2 rings (SSSR count). The maximum Gasteiger partial charge on any atom is 0.139 e.